The number of hydrogen-bond acceptors (Lipinski definition) is 4. The molecule has 1 aromatic carbocycles. The number of rotatable bonds is 5. The van der Waals surface area contributed by atoms with Crippen molar-refractivity contribution in [3.05, 3.63) is 34.6 Å². The number of nitrogens with zero attached hydrogens (tertiary/aromatic N) is 4. The van der Waals surface area contributed by atoms with Gasteiger partial charge in [-0.1, -0.05) is 28.9 Å². The number of tetrazole rings is 1. The Hall–Kier alpha value is -1.27. The van der Waals surface area contributed by atoms with Gasteiger partial charge in [-0.3, -0.25) is 0 Å². The third kappa shape index (κ3) is 3.10. The highest BCUT2D eigenvalue weighted by Gasteiger charge is 2.07. The van der Waals surface area contributed by atoms with Crippen LogP contribution in [0.1, 0.15) is 19.2 Å². The van der Waals surface area contributed by atoms with Crippen LogP contribution < -0.4 is 5.32 Å². The van der Waals surface area contributed by atoms with Crippen molar-refractivity contribution >= 4 is 15.9 Å². The fourth-order valence-corrected chi connectivity index (χ4v) is 1.89. The highest BCUT2D eigenvalue weighted by Crippen LogP contribution is 2.15. The molecular formula is C11H14BrN5. The van der Waals surface area contributed by atoms with E-state index in [2.05, 4.69) is 43.7 Å². The minimum atomic E-state index is 0.674. The average molecular weight is 296 g/mol. The Labute approximate surface area is 108 Å². The van der Waals surface area contributed by atoms with Crippen LogP contribution in [0.2, 0.25) is 0 Å². The minimum Gasteiger partial charge on any atom is -0.310 e. The molecule has 1 heterocycles. The summed E-state index contributed by atoms with van der Waals surface area (Å²) < 4.78 is 2.76. The zero-order valence-corrected chi connectivity index (χ0v) is 11.2. The Bertz CT molecular complexity index is 482. The summed E-state index contributed by atoms with van der Waals surface area (Å²) in [7, 11) is 0. The highest BCUT2D eigenvalue weighted by molar-refractivity contribution is 9.10. The minimum absolute atomic E-state index is 0.674. The molecular weight excluding hydrogens is 282 g/mol. The molecule has 0 aliphatic carbocycles. The summed E-state index contributed by atoms with van der Waals surface area (Å²) in [6, 6.07) is 7.90. The van der Waals surface area contributed by atoms with Crippen LogP contribution in [0.4, 0.5) is 0 Å². The van der Waals surface area contributed by atoms with Crippen LogP contribution in [0.25, 0.3) is 5.69 Å². The first-order valence-corrected chi connectivity index (χ1v) is 6.34. The van der Waals surface area contributed by atoms with Crippen LogP contribution in [0.5, 0.6) is 0 Å². The maximum absolute atomic E-state index is 4.02. The lowest BCUT2D eigenvalue weighted by Gasteiger charge is -2.05. The van der Waals surface area contributed by atoms with Gasteiger partial charge in [0, 0.05) is 4.47 Å². The summed E-state index contributed by atoms with van der Waals surface area (Å²) in [4.78, 5) is 0. The summed E-state index contributed by atoms with van der Waals surface area (Å²) in [6.45, 7) is 3.77. The fourth-order valence-electron chi connectivity index (χ4n) is 1.50. The second kappa shape index (κ2) is 5.88. The first-order chi connectivity index (χ1) is 8.31. The summed E-state index contributed by atoms with van der Waals surface area (Å²) in [5, 5.41) is 15.0. The third-order valence-electron chi connectivity index (χ3n) is 2.30. The molecule has 17 heavy (non-hydrogen) atoms. The van der Waals surface area contributed by atoms with Crippen LogP contribution in [0.3, 0.4) is 0 Å². The van der Waals surface area contributed by atoms with Gasteiger partial charge in [0.05, 0.1) is 12.2 Å². The Morgan fingerprint density at radius 2 is 2.29 bits per heavy atom. The van der Waals surface area contributed by atoms with Gasteiger partial charge in [0.1, 0.15) is 0 Å². The van der Waals surface area contributed by atoms with Gasteiger partial charge in [-0.2, -0.15) is 4.68 Å². The molecule has 0 unspecified atom stereocenters. The lowest BCUT2D eigenvalue weighted by Crippen LogP contribution is -2.17. The van der Waals surface area contributed by atoms with E-state index in [1.807, 2.05) is 24.3 Å². The van der Waals surface area contributed by atoms with Crippen molar-refractivity contribution in [3.8, 4) is 5.69 Å². The standard InChI is InChI=1S/C11H14BrN5/c1-2-6-13-8-11-14-15-16-17(11)10-5-3-4-9(12)7-10/h3-5,7,13H,2,6,8H2,1H3. The van der Waals surface area contributed by atoms with Gasteiger partial charge in [-0.05, 0) is 41.6 Å². The molecule has 0 spiro atoms. The SMILES string of the molecule is CCCNCc1nnnn1-c1cccc(Br)c1. The quantitative estimate of drug-likeness (QED) is 0.857. The van der Waals surface area contributed by atoms with Gasteiger partial charge in [0.25, 0.3) is 0 Å². The summed E-state index contributed by atoms with van der Waals surface area (Å²) in [5.74, 6) is 0.816. The second-order valence-corrected chi connectivity index (χ2v) is 4.58. The lowest BCUT2D eigenvalue weighted by atomic mass is 10.3. The molecule has 2 rings (SSSR count). The van der Waals surface area contributed by atoms with Crippen molar-refractivity contribution in [1.82, 2.24) is 25.5 Å². The molecule has 0 aliphatic heterocycles. The van der Waals surface area contributed by atoms with Crippen molar-refractivity contribution in [1.29, 1.82) is 0 Å². The predicted octanol–water partition coefficient (Wildman–Crippen LogP) is 1.92. The van der Waals surface area contributed by atoms with E-state index in [9.17, 15) is 0 Å². The van der Waals surface area contributed by atoms with E-state index in [1.165, 1.54) is 0 Å². The fraction of sp³-hybridized carbons (Fsp3) is 0.364. The largest absolute Gasteiger partial charge is 0.310 e. The van der Waals surface area contributed by atoms with Crippen LogP contribution in [0, 0.1) is 0 Å². The zero-order chi connectivity index (χ0) is 12.1. The molecule has 90 valence electrons. The van der Waals surface area contributed by atoms with Gasteiger partial charge in [0.2, 0.25) is 0 Å². The Kier molecular flexibility index (Phi) is 4.22. The molecule has 0 bridgehead atoms. The van der Waals surface area contributed by atoms with Crippen LogP contribution in [-0.2, 0) is 6.54 Å². The van der Waals surface area contributed by atoms with E-state index >= 15 is 0 Å². The van der Waals surface area contributed by atoms with E-state index in [4.69, 9.17) is 0 Å². The average Bonchev–Trinajstić information content (AvgIpc) is 2.78. The summed E-state index contributed by atoms with van der Waals surface area (Å²) in [6.07, 6.45) is 1.10. The molecule has 0 atom stereocenters. The molecule has 0 aliphatic rings. The number of halogens is 1. The third-order valence-corrected chi connectivity index (χ3v) is 2.79. The number of aromatic nitrogens is 4. The first-order valence-electron chi connectivity index (χ1n) is 5.55. The Morgan fingerprint density at radius 1 is 1.41 bits per heavy atom. The van der Waals surface area contributed by atoms with Crippen LogP contribution in [0.15, 0.2) is 28.7 Å². The van der Waals surface area contributed by atoms with Crippen LogP contribution in [-0.4, -0.2) is 26.8 Å². The van der Waals surface area contributed by atoms with Gasteiger partial charge in [-0.15, -0.1) is 5.10 Å². The van der Waals surface area contributed by atoms with Gasteiger partial charge >= 0.3 is 0 Å². The number of nitrogens with one attached hydrogen (secondary N) is 1. The number of benzene rings is 1. The highest BCUT2D eigenvalue weighted by atomic mass is 79.9. The van der Waals surface area contributed by atoms with Crippen LogP contribution >= 0.6 is 15.9 Å². The summed E-state index contributed by atoms with van der Waals surface area (Å²) in [5.41, 5.74) is 0.956. The van der Waals surface area contributed by atoms with E-state index < -0.39 is 0 Å². The van der Waals surface area contributed by atoms with Crippen molar-refractivity contribution in [3.63, 3.8) is 0 Å². The normalized spacial score (nSPS) is 10.7. The first kappa shape index (κ1) is 12.2. The molecule has 0 fully saturated rings. The van der Waals surface area contributed by atoms with E-state index in [1.54, 1.807) is 4.68 Å². The smallest absolute Gasteiger partial charge is 0.170 e. The molecule has 0 saturated carbocycles. The molecule has 6 heteroatoms. The van der Waals surface area contributed by atoms with Gasteiger partial charge < -0.3 is 5.32 Å². The van der Waals surface area contributed by atoms with Crippen molar-refractivity contribution in [2.75, 3.05) is 6.54 Å². The maximum atomic E-state index is 4.02. The van der Waals surface area contributed by atoms with E-state index in [-0.39, 0.29) is 0 Å². The van der Waals surface area contributed by atoms with Gasteiger partial charge in [-0.25, -0.2) is 0 Å². The molecule has 0 saturated heterocycles. The number of hydrogen-bond donors (Lipinski definition) is 1. The van der Waals surface area contributed by atoms with Gasteiger partial charge in [0.15, 0.2) is 5.82 Å². The summed E-state index contributed by atoms with van der Waals surface area (Å²) >= 11 is 3.44. The molecule has 1 aromatic heterocycles. The molecule has 0 amide bonds. The second-order valence-electron chi connectivity index (χ2n) is 3.66. The topological polar surface area (TPSA) is 55.6 Å². The molecule has 0 radical (unpaired) electrons. The lowest BCUT2D eigenvalue weighted by molar-refractivity contribution is 0.633. The molecule has 5 nitrogen and oxygen atoms in total. The van der Waals surface area contributed by atoms with Crippen molar-refractivity contribution in [2.24, 2.45) is 0 Å². The zero-order valence-electron chi connectivity index (χ0n) is 9.60. The van der Waals surface area contributed by atoms with Crippen molar-refractivity contribution < 1.29 is 0 Å². The Balaban J connectivity index is 2.18. The Morgan fingerprint density at radius 3 is 3.06 bits per heavy atom. The maximum Gasteiger partial charge on any atom is 0.170 e. The monoisotopic (exact) mass is 295 g/mol. The molecule has 1 N–H and O–H groups in total. The van der Waals surface area contributed by atoms with E-state index in [0.29, 0.717) is 6.54 Å². The van der Waals surface area contributed by atoms with Crippen molar-refractivity contribution in [2.45, 2.75) is 19.9 Å². The molecule has 2 aromatic rings. The van der Waals surface area contributed by atoms with E-state index in [0.717, 1.165) is 29.0 Å². The predicted molar refractivity (Wildman–Crippen MR) is 68.9 cm³/mol.